The summed E-state index contributed by atoms with van der Waals surface area (Å²) in [6, 6.07) is 10.3. The minimum atomic E-state index is -1.18. The Kier molecular flexibility index (Phi) is 8.18. The Morgan fingerprint density at radius 1 is 1.16 bits per heavy atom. The summed E-state index contributed by atoms with van der Waals surface area (Å²) in [5.74, 6) is -1.03. The lowest BCUT2D eigenvalue weighted by Crippen LogP contribution is -2.44. The third kappa shape index (κ3) is 6.03. The van der Waals surface area contributed by atoms with E-state index in [1.54, 1.807) is 17.4 Å². The Bertz CT molecular complexity index is 1330. The van der Waals surface area contributed by atoms with E-state index in [0.717, 1.165) is 40.4 Å². The van der Waals surface area contributed by atoms with Crippen LogP contribution in [0.1, 0.15) is 57.0 Å². The number of nitrogens with one attached hydrogen (secondary N) is 2. The van der Waals surface area contributed by atoms with E-state index in [-0.39, 0.29) is 24.3 Å². The first kappa shape index (κ1) is 26.2. The molecule has 0 radical (unpaired) electrons. The van der Waals surface area contributed by atoms with Crippen molar-refractivity contribution < 1.29 is 19.5 Å². The number of rotatable bonds is 10. The number of hydrogen-bond acceptors (Lipinski definition) is 7. The van der Waals surface area contributed by atoms with Gasteiger partial charge in [0, 0.05) is 16.7 Å². The lowest BCUT2D eigenvalue weighted by atomic mass is 9.93. The zero-order valence-electron chi connectivity index (χ0n) is 20.2. The Balaban J connectivity index is 1.16. The number of Topliss-reactive ketones (excluding diaryl/α,β-unsaturated/α-hetero) is 1. The van der Waals surface area contributed by atoms with E-state index in [1.165, 1.54) is 35.5 Å². The molecule has 10 heteroatoms. The van der Waals surface area contributed by atoms with Gasteiger partial charge in [0.1, 0.15) is 11.8 Å². The molecule has 2 atom stereocenters. The summed E-state index contributed by atoms with van der Waals surface area (Å²) in [5.41, 5.74) is 1.76. The quantitative estimate of drug-likeness (QED) is 0.205. The molecule has 1 amide bonds. The topological polar surface area (TPSA) is 108 Å². The molecule has 7 nitrogen and oxygen atoms in total. The summed E-state index contributed by atoms with van der Waals surface area (Å²) in [6.45, 7) is 2.23. The molecular formula is C27H28BrN3O4S2. The number of alkyl halides is 1. The first-order chi connectivity index (χ1) is 17.9. The van der Waals surface area contributed by atoms with Gasteiger partial charge in [-0.15, -0.1) is 22.7 Å². The molecule has 0 spiro atoms. The van der Waals surface area contributed by atoms with Crippen molar-refractivity contribution in [2.45, 2.75) is 49.4 Å². The average Bonchev–Trinajstić information content (AvgIpc) is 3.57. The number of carbonyl (C=O) groups is 3. The molecule has 0 aliphatic carbocycles. The monoisotopic (exact) mass is 601 g/mol. The number of fused-ring (bicyclic) bond motifs is 2. The van der Waals surface area contributed by atoms with Crippen LogP contribution in [0.5, 0.6) is 0 Å². The number of carboxylic acids is 1. The van der Waals surface area contributed by atoms with Crippen LogP contribution in [0.2, 0.25) is 0 Å². The number of aliphatic carboxylic acids is 1. The van der Waals surface area contributed by atoms with Crippen LogP contribution >= 0.6 is 38.6 Å². The Morgan fingerprint density at radius 3 is 2.68 bits per heavy atom. The molecule has 3 aromatic rings. The van der Waals surface area contributed by atoms with Crippen LogP contribution in [0, 0.1) is 5.92 Å². The lowest BCUT2D eigenvalue weighted by Gasteiger charge is -2.22. The molecule has 1 unspecified atom stereocenters. The summed E-state index contributed by atoms with van der Waals surface area (Å²) in [4.78, 5) is 43.5. The highest BCUT2D eigenvalue weighted by Gasteiger charge is 2.32. The predicted molar refractivity (Wildman–Crippen MR) is 152 cm³/mol. The molecule has 37 heavy (non-hydrogen) atoms. The van der Waals surface area contributed by atoms with Crippen LogP contribution in [0.25, 0.3) is 9.40 Å². The number of piperidine rings is 1. The van der Waals surface area contributed by atoms with Crippen molar-refractivity contribution in [1.82, 2.24) is 10.6 Å². The largest absolute Gasteiger partial charge is 0.480 e. The SMILES string of the molecule is O=C(N[C@@H](CCC(=O)c1cc2cc(CCC3CCNCC3)sc2s1)C(=O)O)C1=Nc2ccccc2C1Br. The van der Waals surface area contributed by atoms with Crippen molar-refractivity contribution in [3.05, 3.63) is 51.7 Å². The number of thiophene rings is 2. The van der Waals surface area contributed by atoms with Gasteiger partial charge >= 0.3 is 5.97 Å². The van der Waals surface area contributed by atoms with Crippen molar-refractivity contribution in [2.24, 2.45) is 10.9 Å². The normalized spacial score (nSPS) is 18.4. The molecule has 2 aliphatic rings. The number of benzene rings is 1. The molecule has 0 bridgehead atoms. The minimum Gasteiger partial charge on any atom is -0.480 e. The zero-order chi connectivity index (χ0) is 25.9. The molecule has 5 rings (SSSR count). The standard InChI is InChI=1S/C27H28BrN3O4S2/c28-23-18-3-1-2-4-19(18)30-24(23)25(33)31-20(26(34)35)7-8-21(32)22-14-16-13-17(36-27(16)37-22)6-5-15-9-11-29-12-10-15/h1-4,13-15,20,23,29H,5-12H2,(H,31,33)(H,34,35)/t20-,23?/m0/s1. The van der Waals surface area contributed by atoms with Crippen LogP contribution in [-0.4, -0.2) is 47.6 Å². The van der Waals surface area contributed by atoms with Gasteiger partial charge in [-0.1, -0.05) is 34.1 Å². The molecule has 194 valence electrons. The van der Waals surface area contributed by atoms with Crippen molar-refractivity contribution in [3.8, 4) is 0 Å². The molecule has 4 heterocycles. The van der Waals surface area contributed by atoms with E-state index in [0.29, 0.717) is 10.6 Å². The summed E-state index contributed by atoms with van der Waals surface area (Å²) in [7, 11) is 0. The molecule has 1 aromatic carbocycles. The maximum absolute atomic E-state index is 12.9. The number of carbonyl (C=O) groups excluding carboxylic acids is 2. The molecule has 2 aromatic heterocycles. The van der Waals surface area contributed by atoms with Crippen LogP contribution in [0.4, 0.5) is 5.69 Å². The second-order valence-electron chi connectivity index (χ2n) is 9.54. The van der Waals surface area contributed by atoms with Crippen LogP contribution in [0.3, 0.4) is 0 Å². The first-order valence-corrected chi connectivity index (χ1v) is 15.1. The molecule has 3 N–H and O–H groups in total. The Hall–Kier alpha value is -2.40. The summed E-state index contributed by atoms with van der Waals surface area (Å²) >= 11 is 6.71. The van der Waals surface area contributed by atoms with Gasteiger partial charge in [0.2, 0.25) is 0 Å². The number of amides is 1. The summed E-state index contributed by atoms with van der Waals surface area (Å²) < 4.78 is 1.13. The fourth-order valence-corrected chi connectivity index (χ4v) is 8.03. The highest BCUT2D eigenvalue weighted by molar-refractivity contribution is 9.09. The Morgan fingerprint density at radius 2 is 1.95 bits per heavy atom. The van der Waals surface area contributed by atoms with Crippen molar-refractivity contribution >= 4 is 77.1 Å². The molecule has 2 aliphatic heterocycles. The van der Waals surface area contributed by atoms with Gasteiger partial charge < -0.3 is 15.7 Å². The second kappa shape index (κ2) is 11.6. The van der Waals surface area contributed by atoms with E-state index >= 15 is 0 Å². The number of halogens is 1. The number of nitrogens with zero attached hydrogens (tertiary/aromatic N) is 1. The van der Waals surface area contributed by atoms with Gasteiger partial charge in [-0.2, -0.15) is 0 Å². The maximum atomic E-state index is 12.9. The van der Waals surface area contributed by atoms with E-state index in [9.17, 15) is 19.5 Å². The molecule has 1 fully saturated rings. The number of ketones is 1. The fourth-order valence-electron chi connectivity index (χ4n) is 4.86. The summed E-state index contributed by atoms with van der Waals surface area (Å²) in [5, 5.41) is 16.7. The third-order valence-electron chi connectivity index (χ3n) is 6.98. The van der Waals surface area contributed by atoms with Gasteiger partial charge in [0.25, 0.3) is 5.91 Å². The predicted octanol–water partition coefficient (Wildman–Crippen LogP) is 5.65. The van der Waals surface area contributed by atoms with Gasteiger partial charge in [-0.25, -0.2) is 9.79 Å². The van der Waals surface area contributed by atoms with Gasteiger partial charge in [-0.05, 0) is 74.9 Å². The van der Waals surface area contributed by atoms with Crippen molar-refractivity contribution in [3.63, 3.8) is 0 Å². The van der Waals surface area contributed by atoms with Crippen LogP contribution < -0.4 is 10.6 Å². The maximum Gasteiger partial charge on any atom is 0.326 e. The third-order valence-corrected chi connectivity index (χ3v) is 10.4. The molecular weight excluding hydrogens is 574 g/mol. The van der Waals surface area contributed by atoms with E-state index in [1.807, 2.05) is 24.3 Å². The number of aryl methyl sites for hydroxylation is 1. The van der Waals surface area contributed by atoms with E-state index in [4.69, 9.17) is 0 Å². The van der Waals surface area contributed by atoms with Crippen molar-refractivity contribution in [2.75, 3.05) is 13.1 Å². The fraction of sp³-hybridized carbons (Fsp3) is 0.407. The minimum absolute atomic E-state index is 0.0140. The second-order valence-corrected chi connectivity index (χ2v) is 12.9. The number of carboxylic acid groups (broad SMARTS) is 1. The zero-order valence-corrected chi connectivity index (χ0v) is 23.4. The number of hydrogen-bond donors (Lipinski definition) is 3. The molecule has 0 saturated carbocycles. The van der Waals surface area contributed by atoms with Gasteiger partial charge in [0.15, 0.2) is 5.78 Å². The lowest BCUT2D eigenvalue weighted by molar-refractivity contribution is -0.141. The molecule has 1 saturated heterocycles. The van der Waals surface area contributed by atoms with Crippen LogP contribution in [0.15, 0.2) is 41.4 Å². The van der Waals surface area contributed by atoms with Crippen LogP contribution in [-0.2, 0) is 16.0 Å². The van der Waals surface area contributed by atoms with E-state index < -0.39 is 22.7 Å². The van der Waals surface area contributed by atoms with E-state index in [2.05, 4.69) is 37.6 Å². The van der Waals surface area contributed by atoms with Gasteiger partial charge in [0.05, 0.1) is 19.4 Å². The number of aliphatic imine (C=N–C) groups is 1. The smallest absolute Gasteiger partial charge is 0.326 e. The Labute approximate surface area is 231 Å². The highest BCUT2D eigenvalue weighted by atomic mass is 79.9. The summed E-state index contributed by atoms with van der Waals surface area (Å²) in [6.07, 6.45) is 4.82. The average molecular weight is 603 g/mol. The van der Waals surface area contributed by atoms with Crippen molar-refractivity contribution in [1.29, 1.82) is 0 Å². The number of para-hydroxylation sites is 1. The van der Waals surface area contributed by atoms with Gasteiger partial charge in [-0.3, -0.25) is 9.59 Å². The first-order valence-electron chi connectivity index (χ1n) is 12.5. The highest BCUT2D eigenvalue weighted by Crippen LogP contribution is 2.39.